The van der Waals surface area contributed by atoms with E-state index in [1.54, 1.807) is 6.92 Å². The number of amides is 1. The van der Waals surface area contributed by atoms with Crippen molar-refractivity contribution < 1.29 is 4.79 Å². The first-order valence-electron chi connectivity index (χ1n) is 6.82. The summed E-state index contributed by atoms with van der Waals surface area (Å²) in [5, 5.41) is 2.98. The zero-order chi connectivity index (χ0) is 15.5. The molecule has 0 saturated carbocycles. The molecule has 0 saturated heterocycles. The van der Waals surface area contributed by atoms with Gasteiger partial charge in [-0.1, -0.05) is 58.4 Å². The second-order valence-electron chi connectivity index (χ2n) is 5.32. The minimum atomic E-state index is -1.05. The van der Waals surface area contributed by atoms with E-state index >= 15 is 0 Å². The van der Waals surface area contributed by atoms with Gasteiger partial charge in [0.05, 0.1) is 6.04 Å². The molecule has 3 N–H and O–H groups in total. The Morgan fingerprint density at radius 2 is 1.86 bits per heavy atom. The van der Waals surface area contributed by atoms with Gasteiger partial charge in [0.15, 0.2) is 0 Å². The Balaban J connectivity index is 2.14. The lowest BCUT2D eigenvalue weighted by atomic mass is 9.91. The standard InChI is InChI=1S/C17H19BrN2O/c1-12(13-7-6-10-15(18)11-13)20-16(21)17(2,19)14-8-4-3-5-9-14/h3-12H,19H2,1-2H3,(H,20,21). The van der Waals surface area contributed by atoms with E-state index in [0.717, 1.165) is 15.6 Å². The molecular formula is C17H19BrN2O. The summed E-state index contributed by atoms with van der Waals surface area (Å²) >= 11 is 3.44. The first kappa shape index (κ1) is 15.7. The Kier molecular flexibility index (Phi) is 4.80. The Morgan fingerprint density at radius 3 is 2.48 bits per heavy atom. The first-order chi connectivity index (χ1) is 9.91. The van der Waals surface area contributed by atoms with Crippen molar-refractivity contribution in [1.82, 2.24) is 5.32 Å². The van der Waals surface area contributed by atoms with Crippen molar-refractivity contribution in [2.75, 3.05) is 0 Å². The number of nitrogens with one attached hydrogen (secondary N) is 1. The third-order valence-electron chi connectivity index (χ3n) is 3.54. The molecule has 2 aromatic rings. The molecule has 2 unspecified atom stereocenters. The Labute approximate surface area is 133 Å². The number of rotatable bonds is 4. The third-order valence-corrected chi connectivity index (χ3v) is 4.03. The summed E-state index contributed by atoms with van der Waals surface area (Å²) in [6.07, 6.45) is 0. The van der Waals surface area contributed by atoms with Crippen molar-refractivity contribution in [1.29, 1.82) is 0 Å². The summed E-state index contributed by atoms with van der Waals surface area (Å²) in [7, 11) is 0. The van der Waals surface area contributed by atoms with Crippen molar-refractivity contribution in [3.8, 4) is 0 Å². The zero-order valence-electron chi connectivity index (χ0n) is 12.1. The highest BCUT2D eigenvalue weighted by Gasteiger charge is 2.31. The maximum Gasteiger partial charge on any atom is 0.244 e. The topological polar surface area (TPSA) is 55.1 Å². The predicted molar refractivity (Wildman–Crippen MR) is 88.7 cm³/mol. The van der Waals surface area contributed by atoms with Gasteiger partial charge in [-0.15, -0.1) is 0 Å². The third kappa shape index (κ3) is 3.71. The number of nitrogens with two attached hydrogens (primary N) is 1. The molecule has 2 aromatic carbocycles. The second kappa shape index (κ2) is 6.41. The number of carbonyl (C=O) groups excluding carboxylic acids is 1. The highest BCUT2D eigenvalue weighted by molar-refractivity contribution is 9.10. The molecule has 0 bridgehead atoms. The van der Waals surface area contributed by atoms with Crippen LogP contribution in [0.4, 0.5) is 0 Å². The largest absolute Gasteiger partial charge is 0.348 e. The van der Waals surface area contributed by atoms with Crippen LogP contribution in [0.2, 0.25) is 0 Å². The van der Waals surface area contributed by atoms with Gasteiger partial charge < -0.3 is 11.1 Å². The van der Waals surface area contributed by atoms with Gasteiger partial charge >= 0.3 is 0 Å². The van der Waals surface area contributed by atoms with Crippen LogP contribution in [-0.4, -0.2) is 5.91 Å². The maximum absolute atomic E-state index is 12.5. The van der Waals surface area contributed by atoms with Gasteiger partial charge in [-0.25, -0.2) is 0 Å². The molecule has 0 fully saturated rings. The van der Waals surface area contributed by atoms with E-state index in [9.17, 15) is 4.79 Å². The first-order valence-corrected chi connectivity index (χ1v) is 7.61. The Bertz CT molecular complexity index is 626. The predicted octanol–water partition coefficient (Wildman–Crippen LogP) is 3.50. The molecule has 0 aliphatic heterocycles. The van der Waals surface area contributed by atoms with Crippen molar-refractivity contribution in [2.24, 2.45) is 5.73 Å². The minimum absolute atomic E-state index is 0.110. The van der Waals surface area contributed by atoms with Crippen LogP contribution in [0.1, 0.15) is 31.0 Å². The van der Waals surface area contributed by atoms with Crippen LogP contribution < -0.4 is 11.1 Å². The summed E-state index contributed by atoms with van der Waals surface area (Å²) in [5.41, 5.74) is 6.99. The average molecular weight is 347 g/mol. The molecule has 3 nitrogen and oxygen atoms in total. The fraction of sp³-hybridized carbons (Fsp3) is 0.235. The van der Waals surface area contributed by atoms with Crippen molar-refractivity contribution in [3.63, 3.8) is 0 Å². The van der Waals surface area contributed by atoms with Crippen LogP contribution in [0.25, 0.3) is 0 Å². The fourth-order valence-corrected chi connectivity index (χ4v) is 2.54. The molecule has 0 heterocycles. The molecule has 4 heteroatoms. The van der Waals surface area contributed by atoms with Crippen molar-refractivity contribution in [2.45, 2.75) is 25.4 Å². The normalized spacial score (nSPS) is 15.0. The van der Waals surface area contributed by atoms with E-state index < -0.39 is 5.54 Å². The summed E-state index contributed by atoms with van der Waals surface area (Å²) in [6.45, 7) is 3.67. The van der Waals surface area contributed by atoms with E-state index in [1.165, 1.54) is 0 Å². The van der Waals surface area contributed by atoms with Gasteiger partial charge in [0.2, 0.25) is 5.91 Å². The minimum Gasteiger partial charge on any atom is -0.348 e. The summed E-state index contributed by atoms with van der Waals surface area (Å²) < 4.78 is 0.986. The van der Waals surface area contributed by atoms with Crippen LogP contribution in [0, 0.1) is 0 Å². The lowest BCUT2D eigenvalue weighted by molar-refractivity contribution is -0.126. The van der Waals surface area contributed by atoms with Crippen LogP contribution in [-0.2, 0) is 10.3 Å². The van der Waals surface area contributed by atoms with Gasteiger partial charge in [-0.05, 0) is 37.1 Å². The van der Waals surface area contributed by atoms with E-state index in [4.69, 9.17) is 5.73 Å². The molecule has 0 aromatic heterocycles. The molecule has 0 aliphatic carbocycles. The maximum atomic E-state index is 12.5. The van der Waals surface area contributed by atoms with Crippen LogP contribution in [0.3, 0.4) is 0 Å². The molecule has 2 atom stereocenters. The van der Waals surface area contributed by atoms with E-state index in [1.807, 2.05) is 61.5 Å². The summed E-state index contributed by atoms with van der Waals surface area (Å²) in [5.74, 6) is -0.193. The molecular weight excluding hydrogens is 328 g/mol. The van der Waals surface area contributed by atoms with Crippen LogP contribution in [0.15, 0.2) is 59.1 Å². The number of carbonyl (C=O) groups is 1. The zero-order valence-corrected chi connectivity index (χ0v) is 13.7. The quantitative estimate of drug-likeness (QED) is 0.889. The summed E-state index contributed by atoms with van der Waals surface area (Å²) in [6, 6.07) is 17.1. The average Bonchev–Trinajstić information content (AvgIpc) is 2.48. The van der Waals surface area contributed by atoms with Crippen molar-refractivity contribution in [3.05, 3.63) is 70.2 Å². The lowest BCUT2D eigenvalue weighted by Crippen LogP contribution is -2.49. The molecule has 21 heavy (non-hydrogen) atoms. The van der Waals surface area contributed by atoms with Crippen molar-refractivity contribution >= 4 is 21.8 Å². The van der Waals surface area contributed by atoms with Gasteiger partial charge in [0.25, 0.3) is 0 Å². The summed E-state index contributed by atoms with van der Waals surface area (Å²) in [4.78, 5) is 12.5. The van der Waals surface area contributed by atoms with E-state index in [0.29, 0.717) is 0 Å². The molecule has 2 rings (SSSR count). The molecule has 0 radical (unpaired) electrons. The van der Waals surface area contributed by atoms with Gasteiger partial charge in [0.1, 0.15) is 5.54 Å². The Morgan fingerprint density at radius 1 is 1.19 bits per heavy atom. The number of halogens is 1. The van der Waals surface area contributed by atoms with Crippen LogP contribution in [0.5, 0.6) is 0 Å². The molecule has 0 aliphatic rings. The number of benzene rings is 2. The molecule has 1 amide bonds. The number of hydrogen-bond donors (Lipinski definition) is 2. The monoisotopic (exact) mass is 346 g/mol. The van der Waals surface area contributed by atoms with Gasteiger partial charge in [-0.3, -0.25) is 4.79 Å². The lowest BCUT2D eigenvalue weighted by Gasteiger charge is -2.26. The highest BCUT2D eigenvalue weighted by Crippen LogP contribution is 2.21. The van der Waals surface area contributed by atoms with Gasteiger partial charge in [0, 0.05) is 4.47 Å². The molecule has 0 spiro atoms. The fourth-order valence-electron chi connectivity index (χ4n) is 2.12. The SMILES string of the molecule is CC(NC(=O)C(C)(N)c1ccccc1)c1cccc(Br)c1. The van der Waals surface area contributed by atoms with Crippen LogP contribution >= 0.6 is 15.9 Å². The van der Waals surface area contributed by atoms with E-state index in [-0.39, 0.29) is 11.9 Å². The number of hydrogen-bond acceptors (Lipinski definition) is 2. The smallest absolute Gasteiger partial charge is 0.244 e. The molecule has 110 valence electrons. The van der Waals surface area contributed by atoms with Gasteiger partial charge in [-0.2, -0.15) is 0 Å². The highest BCUT2D eigenvalue weighted by atomic mass is 79.9. The Hall–Kier alpha value is -1.65. The second-order valence-corrected chi connectivity index (χ2v) is 6.23. The van der Waals surface area contributed by atoms with E-state index in [2.05, 4.69) is 21.2 Å².